The molecule has 1 aliphatic heterocycles. The molecule has 2 unspecified atom stereocenters. The van der Waals surface area contributed by atoms with Gasteiger partial charge in [0.2, 0.25) is 0 Å². The van der Waals surface area contributed by atoms with E-state index in [-0.39, 0.29) is 5.69 Å². The third-order valence-corrected chi connectivity index (χ3v) is 5.82. The molecule has 0 radical (unpaired) electrons. The first-order valence-corrected chi connectivity index (χ1v) is 9.34. The van der Waals surface area contributed by atoms with Gasteiger partial charge in [0.15, 0.2) is 0 Å². The zero-order valence-corrected chi connectivity index (χ0v) is 15.6. The Balaban J connectivity index is 1.72. The second-order valence-corrected chi connectivity index (χ2v) is 8.66. The van der Waals surface area contributed by atoms with E-state index in [0.717, 1.165) is 12.1 Å². The van der Waals surface area contributed by atoms with Gasteiger partial charge >= 0.3 is 12.4 Å². The molecule has 1 fully saturated rings. The van der Waals surface area contributed by atoms with Gasteiger partial charge in [0.05, 0.1) is 17.7 Å². The molecule has 2 heterocycles. The Morgan fingerprint density at radius 2 is 1.96 bits per heavy atom. The largest absolute Gasteiger partial charge is 0.416 e. The molecular formula is C18H18F6N2OS. The van der Waals surface area contributed by atoms with E-state index in [1.165, 1.54) is 23.9 Å². The molecule has 0 aliphatic carbocycles. The Labute approximate surface area is 161 Å². The molecule has 1 aliphatic rings. The van der Waals surface area contributed by atoms with E-state index in [1.807, 2.05) is 6.92 Å². The summed E-state index contributed by atoms with van der Waals surface area (Å²) in [5.41, 5.74) is -0.396. The van der Waals surface area contributed by atoms with Gasteiger partial charge in [-0.05, 0) is 44.0 Å². The number of hydrogen-bond donors (Lipinski definition) is 1. The second-order valence-electron chi connectivity index (χ2n) is 7.00. The fourth-order valence-corrected chi connectivity index (χ4v) is 4.45. The zero-order chi connectivity index (χ0) is 20.6. The quantitative estimate of drug-likeness (QED) is 0.618. The van der Waals surface area contributed by atoms with Crippen molar-refractivity contribution < 1.29 is 31.1 Å². The van der Waals surface area contributed by atoms with Crippen LogP contribution >= 0.6 is 11.8 Å². The van der Waals surface area contributed by atoms with E-state index >= 15 is 0 Å². The maximum Gasteiger partial charge on any atom is 0.416 e. The lowest BCUT2D eigenvalue weighted by molar-refractivity contribution is -0.137. The van der Waals surface area contributed by atoms with Crippen LogP contribution in [0.5, 0.6) is 0 Å². The molecule has 1 saturated heterocycles. The van der Waals surface area contributed by atoms with Crippen molar-refractivity contribution in [3.05, 3.63) is 47.3 Å². The molecule has 0 saturated carbocycles. The van der Waals surface area contributed by atoms with Gasteiger partial charge in [-0.2, -0.15) is 31.4 Å². The van der Waals surface area contributed by atoms with Crippen molar-refractivity contribution in [1.82, 2.24) is 10.2 Å². The molecule has 1 aromatic carbocycles. The van der Waals surface area contributed by atoms with Crippen LogP contribution in [0.1, 0.15) is 42.8 Å². The summed E-state index contributed by atoms with van der Waals surface area (Å²) in [5.74, 6) is 0. The Hall–Kier alpha value is -1.68. The summed E-state index contributed by atoms with van der Waals surface area (Å²) in [7, 11) is 0. The molecule has 3 nitrogen and oxygen atoms in total. The van der Waals surface area contributed by atoms with Crippen molar-refractivity contribution in [3.63, 3.8) is 0 Å². The maximum atomic E-state index is 12.9. The molecule has 0 amide bonds. The van der Waals surface area contributed by atoms with Crippen LogP contribution in [0.4, 0.5) is 26.3 Å². The average Bonchev–Trinajstić information content (AvgIpc) is 3.00. The van der Waals surface area contributed by atoms with Gasteiger partial charge in [-0.1, -0.05) is 6.07 Å². The Kier molecular flexibility index (Phi) is 5.73. The molecule has 2 atom stereocenters. The maximum absolute atomic E-state index is 12.9. The molecule has 2 aromatic rings. The van der Waals surface area contributed by atoms with Crippen molar-refractivity contribution in [2.45, 2.75) is 54.3 Å². The molecule has 10 heteroatoms. The first-order valence-electron chi connectivity index (χ1n) is 8.52. The van der Waals surface area contributed by atoms with E-state index in [2.05, 4.69) is 10.2 Å². The number of alkyl halides is 6. The zero-order valence-electron chi connectivity index (χ0n) is 14.8. The third kappa shape index (κ3) is 5.44. The number of H-pyrrole nitrogens is 1. The number of nitrogens with one attached hydrogen (secondary N) is 1. The number of thioether (sulfide) groups is 1. The summed E-state index contributed by atoms with van der Waals surface area (Å²) < 4.78 is 81.5. The Bertz CT molecular complexity index is 819. The molecule has 0 bridgehead atoms. The molecule has 0 spiro atoms. The minimum Gasteiger partial charge on any atom is -0.372 e. The van der Waals surface area contributed by atoms with Crippen molar-refractivity contribution in [1.29, 1.82) is 0 Å². The molecule has 1 N–H and O–H groups in total. The highest BCUT2D eigenvalue weighted by atomic mass is 32.2. The Morgan fingerprint density at radius 3 is 2.64 bits per heavy atom. The SMILES string of the molecule is CC1(Sc2cccc(C(F)(F)F)c2)CCOC(c2cc(CC(F)(F)F)[nH]n2)C1. The number of benzene rings is 1. The molecule has 3 rings (SSSR count). The number of ether oxygens (including phenoxy) is 1. The normalized spacial score (nSPS) is 23.8. The molecular weight excluding hydrogens is 406 g/mol. The number of aromatic nitrogens is 2. The van der Waals surface area contributed by atoms with Crippen molar-refractivity contribution in [3.8, 4) is 0 Å². The van der Waals surface area contributed by atoms with Crippen molar-refractivity contribution in [2.75, 3.05) is 6.61 Å². The second kappa shape index (κ2) is 7.62. The fourth-order valence-electron chi connectivity index (χ4n) is 3.12. The smallest absolute Gasteiger partial charge is 0.372 e. The summed E-state index contributed by atoms with van der Waals surface area (Å²) in [6.07, 6.45) is -9.36. The van der Waals surface area contributed by atoms with Crippen LogP contribution in [0.25, 0.3) is 0 Å². The lowest BCUT2D eigenvalue weighted by Crippen LogP contribution is -2.32. The van der Waals surface area contributed by atoms with Gasteiger partial charge in [0, 0.05) is 21.9 Å². The molecule has 28 heavy (non-hydrogen) atoms. The monoisotopic (exact) mass is 424 g/mol. The van der Waals surface area contributed by atoms with Gasteiger partial charge in [-0.3, -0.25) is 5.10 Å². The first-order chi connectivity index (χ1) is 12.9. The summed E-state index contributed by atoms with van der Waals surface area (Å²) in [6.45, 7) is 2.26. The average molecular weight is 424 g/mol. The minimum atomic E-state index is -4.42. The van der Waals surface area contributed by atoms with Crippen LogP contribution in [0.2, 0.25) is 0 Å². The van der Waals surface area contributed by atoms with E-state index in [0.29, 0.717) is 30.0 Å². The standard InChI is InChI=1S/C18H18F6N2OS/c1-16(28-13-4-2-3-11(7-13)18(22,23)24)5-6-27-15(10-16)14-8-12(25-26-14)9-17(19,20)21/h2-4,7-8,15H,5-6,9-10H2,1H3,(H,25,26). The predicted octanol–water partition coefficient (Wildman–Crippen LogP) is 5.94. The number of hydrogen-bond acceptors (Lipinski definition) is 3. The highest BCUT2D eigenvalue weighted by Gasteiger charge is 2.37. The van der Waals surface area contributed by atoms with Crippen LogP contribution in [-0.2, 0) is 17.3 Å². The van der Waals surface area contributed by atoms with Crippen LogP contribution in [-0.4, -0.2) is 27.7 Å². The van der Waals surface area contributed by atoms with E-state index in [1.54, 1.807) is 6.07 Å². The molecule has 1 aromatic heterocycles. The number of nitrogens with zero attached hydrogens (tertiary/aromatic N) is 1. The van der Waals surface area contributed by atoms with Crippen molar-refractivity contribution >= 4 is 11.8 Å². The summed E-state index contributed by atoms with van der Waals surface area (Å²) in [6, 6.07) is 6.44. The number of halogens is 6. The fraction of sp³-hybridized carbons (Fsp3) is 0.500. The van der Waals surface area contributed by atoms with Gasteiger partial charge in [-0.15, -0.1) is 11.8 Å². The van der Waals surface area contributed by atoms with E-state index < -0.39 is 35.2 Å². The van der Waals surface area contributed by atoms with Crippen LogP contribution in [0, 0.1) is 0 Å². The van der Waals surface area contributed by atoms with E-state index in [9.17, 15) is 26.3 Å². The summed E-state index contributed by atoms with van der Waals surface area (Å²) in [5, 5.41) is 6.31. The van der Waals surface area contributed by atoms with Gasteiger partial charge in [0.25, 0.3) is 0 Å². The lowest BCUT2D eigenvalue weighted by atomic mass is 9.95. The number of rotatable bonds is 4. The van der Waals surface area contributed by atoms with E-state index in [4.69, 9.17) is 4.74 Å². The summed E-state index contributed by atoms with van der Waals surface area (Å²) in [4.78, 5) is 0.484. The number of aromatic amines is 1. The van der Waals surface area contributed by atoms with Crippen molar-refractivity contribution in [2.24, 2.45) is 0 Å². The minimum absolute atomic E-state index is 0.0519. The van der Waals surface area contributed by atoms with Gasteiger partial charge < -0.3 is 4.74 Å². The third-order valence-electron chi connectivity index (χ3n) is 4.46. The first kappa shape index (κ1) is 21.0. The van der Waals surface area contributed by atoms with Crippen LogP contribution in [0.15, 0.2) is 35.2 Å². The van der Waals surface area contributed by atoms with Gasteiger partial charge in [-0.25, -0.2) is 0 Å². The molecule has 154 valence electrons. The topological polar surface area (TPSA) is 37.9 Å². The predicted molar refractivity (Wildman–Crippen MR) is 92.0 cm³/mol. The lowest BCUT2D eigenvalue weighted by Gasteiger charge is -2.37. The van der Waals surface area contributed by atoms with Gasteiger partial charge in [0.1, 0.15) is 6.10 Å². The summed E-state index contributed by atoms with van der Waals surface area (Å²) >= 11 is 1.31. The van der Waals surface area contributed by atoms with Crippen LogP contribution < -0.4 is 0 Å². The highest BCUT2D eigenvalue weighted by molar-refractivity contribution is 8.00. The highest BCUT2D eigenvalue weighted by Crippen LogP contribution is 2.46. The Morgan fingerprint density at radius 1 is 1.21 bits per heavy atom. The van der Waals surface area contributed by atoms with Crippen LogP contribution in [0.3, 0.4) is 0 Å².